The highest BCUT2D eigenvalue weighted by Crippen LogP contribution is 2.14. The normalized spacial score (nSPS) is 12.0. The summed E-state index contributed by atoms with van der Waals surface area (Å²) >= 11 is 0. The second kappa shape index (κ2) is 38.9. The third-order valence-electron chi connectivity index (χ3n) is 9.27. The third kappa shape index (κ3) is 37.2. The Balaban J connectivity index is 4.36. The maximum Gasteiger partial charge on any atom is 0.306 e. The van der Waals surface area contributed by atoms with Crippen molar-refractivity contribution in [3.05, 3.63) is 12.2 Å². The molecular formula is C43H80O6. The monoisotopic (exact) mass is 693 g/mol. The minimum Gasteiger partial charge on any atom is -0.462 e. The van der Waals surface area contributed by atoms with Crippen molar-refractivity contribution >= 4 is 17.9 Å². The molecule has 0 rings (SSSR count). The number of allylic oxidation sites excluding steroid dienone is 2. The van der Waals surface area contributed by atoms with Crippen LogP contribution in [0.5, 0.6) is 0 Å². The molecule has 1 atom stereocenters. The van der Waals surface area contributed by atoms with Crippen LogP contribution >= 0.6 is 0 Å². The molecule has 0 N–H and O–H groups in total. The molecule has 49 heavy (non-hydrogen) atoms. The predicted molar refractivity (Wildman–Crippen MR) is 206 cm³/mol. The Labute approximate surface area is 303 Å². The van der Waals surface area contributed by atoms with E-state index in [9.17, 15) is 14.4 Å². The lowest BCUT2D eigenvalue weighted by Gasteiger charge is -2.18. The lowest BCUT2D eigenvalue weighted by Crippen LogP contribution is -2.30. The largest absolute Gasteiger partial charge is 0.462 e. The van der Waals surface area contributed by atoms with E-state index in [-0.39, 0.29) is 31.1 Å². The maximum atomic E-state index is 12.6. The summed E-state index contributed by atoms with van der Waals surface area (Å²) in [4.78, 5) is 37.5. The van der Waals surface area contributed by atoms with E-state index in [1.807, 2.05) is 0 Å². The van der Waals surface area contributed by atoms with Gasteiger partial charge in [-0.15, -0.1) is 0 Å². The molecule has 0 bridgehead atoms. The Morgan fingerprint density at radius 2 is 0.694 bits per heavy atom. The quantitative estimate of drug-likeness (QED) is 0.0277. The van der Waals surface area contributed by atoms with Crippen molar-refractivity contribution in [2.45, 2.75) is 232 Å². The van der Waals surface area contributed by atoms with Crippen LogP contribution in [-0.2, 0) is 28.6 Å². The van der Waals surface area contributed by atoms with Gasteiger partial charge in [-0.2, -0.15) is 0 Å². The number of ether oxygens (including phenoxy) is 3. The lowest BCUT2D eigenvalue weighted by molar-refractivity contribution is -0.167. The first-order valence-electron chi connectivity index (χ1n) is 21.2. The Kier molecular flexibility index (Phi) is 37.5. The molecule has 0 saturated heterocycles. The molecule has 1 unspecified atom stereocenters. The van der Waals surface area contributed by atoms with Crippen molar-refractivity contribution in [2.24, 2.45) is 0 Å². The fraction of sp³-hybridized carbons (Fsp3) is 0.884. The summed E-state index contributed by atoms with van der Waals surface area (Å²) in [5.74, 6) is -0.879. The second-order valence-corrected chi connectivity index (χ2v) is 14.3. The molecule has 6 heteroatoms. The first-order valence-corrected chi connectivity index (χ1v) is 21.2. The molecule has 0 radical (unpaired) electrons. The standard InChI is InChI=1S/C43H80O6/c1-4-7-10-13-16-19-21-24-27-30-33-36-42(45)48-39-40(38-47-41(44)35-32-29-26-23-18-15-12-9-6-3)49-43(46)37-34-31-28-25-22-20-17-14-11-8-5-2/h13,16,40H,4-12,14-15,17-39H2,1-3H3/b16-13-. The zero-order valence-corrected chi connectivity index (χ0v) is 32.7. The average Bonchev–Trinajstić information content (AvgIpc) is 3.10. The number of hydrogen-bond donors (Lipinski definition) is 0. The minimum absolute atomic E-state index is 0.0690. The van der Waals surface area contributed by atoms with Gasteiger partial charge in [0, 0.05) is 19.3 Å². The molecule has 0 aliphatic carbocycles. The zero-order chi connectivity index (χ0) is 35.9. The molecule has 0 fully saturated rings. The van der Waals surface area contributed by atoms with Gasteiger partial charge in [-0.05, 0) is 38.5 Å². The highest BCUT2D eigenvalue weighted by molar-refractivity contribution is 5.71. The fourth-order valence-corrected chi connectivity index (χ4v) is 6.01. The van der Waals surface area contributed by atoms with Crippen LogP contribution in [0.25, 0.3) is 0 Å². The number of carbonyl (C=O) groups is 3. The van der Waals surface area contributed by atoms with Crippen LogP contribution < -0.4 is 0 Å². The molecule has 288 valence electrons. The Morgan fingerprint density at radius 3 is 1.08 bits per heavy atom. The minimum atomic E-state index is -0.762. The molecule has 0 aliphatic rings. The molecule has 0 aliphatic heterocycles. The van der Waals surface area contributed by atoms with Gasteiger partial charge in [0.25, 0.3) is 0 Å². The lowest BCUT2D eigenvalue weighted by atomic mass is 10.1. The SMILES string of the molecule is CCCC/C=C\CCCCCCCC(=O)OCC(COC(=O)CCCCCCCCCCC)OC(=O)CCCCCCCCCCCCC. The number of hydrogen-bond acceptors (Lipinski definition) is 6. The smallest absolute Gasteiger partial charge is 0.306 e. The fourth-order valence-electron chi connectivity index (χ4n) is 6.01. The number of carbonyl (C=O) groups excluding carboxylic acids is 3. The molecule has 0 saturated carbocycles. The molecule has 0 heterocycles. The van der Waals surface area contributed by atoms with E-state index in [2.05, 4.69) is 32.9 Å². The summed E-state index contributed by atoms with van der Waals surface area (Å²) in [6, 6.07) is 0. The first kappa shape index (κ1) is 47.1. The zero-order valence-electron chi connectivity index (χ0n) is 32.7. The number of rotatable bonds is 38. The molecule has 0 aromatic rings. The molecule has 0 aromatic carbocycles. The van der Waals surface area contributed by atoms with Crippen LogP contribution in [0.15, 0.2) is 12.2 Å². The van der Waals surface area contributed by atoms with Gasteiger partial charge >= 0.3 is 17.9 Å². The predicted octanol–water partition coefficient (Wildman–Crippen LogP) is 13.1. The molecular weight excluding hydrogens is 612 g/mol. The van der Waals surface area contributed by atoms with Crippen LogP contribution in [0.3, 0.4) is 0 Å². The van der Waals surface area contributed by atoms with Gasteiger partial charge in [-0.25, -0.2) is 0 Å². The summed E-state index contributed by atoms with van der Waals surface area (Å²) in [7, 11) is 0. The first-order chi connectivity index (χ1) is 24.0. The van der Waals surface area contributed by atoms with Crippen LogP contribution in [0.2, 0.25) is 0 Å². The Bertz CT molecular complexity index is 763. The third-order valence-corrected chi connectivity index (χ3v) is 9.27. The van der Waals surface area contributed by atoms with Crippen LogP contribution in [0.4, 0.5) is 0 Å². The molecule has 6 nitrogen and oxygen atoms in total. The van der Waals surface area contributed by atoms with Crippen molar-refractivity contribution in [1.29, 1.82) is 0 Å². The summed E-state index contributed by atoms with van der Waals surface area (Å²) in [6.45, 7) is 6.56. The van der Waals surface area contributed by atoms with Gasteiger partial charge in [-0.3, -0.25) is 14.4 Å². The second-order valence-electron chi connectivity index (χ2n) is 14.3. The molecule has 0 amide bonds. The summed E-state index contributed by atoms with van der Waals surface area (Å²) in [5, 5.41) is 0. The maximum absolute atomic E-state index is 12.6. The van der Waals surface area contributed by atoms with Crippen LogP contribution in [0.1, 0.15) is 226 Å². The van der Waals surface area contributed by atoms with Gasteiger partial charge in [0.15, 0.2) is 6.10 Å². The van der Waals surface area contributed by atoms with E-state index >= 15 is 0 Å². The van der Waals surface area contributed by atoms with Crippen LogP contribution in [-0.4, -0.2) is 37.2 Å². The average molecular weight is 693 g/mol. The summed E-state index contributed by atoms with van der Waals surface area (Å²) < 4.78 is 16.6. The molecule has 0 aromatic heterocycles. The highest BCUT2D eigenvalue weighted by Gasteiger charge is 2.19. The summed E-state index contributed by atoms with van der Waals surface area (Å²) in [5.41, 5.74) is 0. The Hall–Kier alpha value is -1.85. The number of esters is 3. The molecule has 0 spiro atoms. The van der Waals surface area contributed by atoms with Crippen molar-refractivity contribution in [2.75, 3.05) is 13.2 Å². The van der Waals surface area contributed by atoms with Crippen molar-refractivity contribution in [1.82, 2.24) is 0 Å². The van der Waals surface area contributed by atoms with Gasteiger partial charge in [0.2, 0.25) is 0 Å². The van der Waals surface area contributed by atoms with Gasteiger partial charge < -0.3 is 14.2 Å². The van der Waals surface area contributed by atoms with Crippen LogP contribution in [0, 0.1) is 0 Å². The van der Waals surface area contributed by atoms with Crippen molar-refractivity contribution in [3.8, 4) is 0 Å². The van der Waals surface area contributed by atoms with Gasteiger partial charge in [0.05, 0.1) is 0 Å². The summed E-state index contributed by atoms with van der Waals surface area (Å²) in [6.07, 6.45) is 39.0. The van der Waals surface area contributed by atoms with Crippen molar-refractivity contribution in [3.63, 3.8) is 0 Å². The number of unbranched alkanes of at least 4 members (excludes halogenated alkanes) is 25. The Morgan fingerprint density at radius 1 is 0.388 bits per heavy atom. The highest BCUT2D eigenvalue weighted by atomic mass is 16.6. The van der Waals surface area contributed by atoms with Gasteiger partial charge in [0.1, 0.15) is 13.2 Å². The van der Waals surface area contributed by atoms with E-state index in [4.69, 9.17) is 14.2 Å². The van der Waals surface area contributed by atoms with Crippen molar-refractivity contribution < 1.29 is 28.6 Å². The van der Waals surface area contributed by atoms with E-state index in [1.54, 1.807) is 0 Å². The van der Waals surface area contributed by atoms with E-state index in [0.29, 0.717) is 19.3 Å². The topological polar surface area (TPSA) is 78.9 Å². The van der Waals surface area contributed by atoms with Gasteiger partial charge in [-0.1, -0.05) is 181 Å². The van der Waals surface area contributed by atoms with E-state index in [1.165, 1.54) is 122 Å². The van der Waals surface area contributed by atoms with E-state index < -0.39 is 6.10 Å². The van der Waals surface area contributed by atoms with E-state index in [0.717, 1.165) is 64.2 Å².